The van der Waals surface area contributed by atoms with Crippen LogP contribution in [-0.2, 0) is 4.79 Å². The van der Waals surface area contributed by atoms with Crippen LogP contribution in [0.5, 0.6) is 11.5 Å². The standard InChI is InChI=1S/C31H29ClN2O6/c1-5-33(6-2)21-9-11-22(12-10-21)34-27(18-7-13-23(38-3)14-8-18)26(29(36)31(34)37)28(35)24-16-19-15-20(32)17-25(39-4)30(19)40-24/h7-17,27,36H,5-6H2,1-4H3. The molecule has 1 N–H and O–H groups in total. The third-order valence-electron chi connectivity index (χ3n) is 7.13. The molecule has 0 saturated heterocycles. The van der Waals surface area contributed by atoms with Crippen LogP contribution in [0.25, 0.3) is 11.0 Å². The number of amides is 1. The minimum absolute atomic E-state index is 0.0536. The lowest BCUT2D eigenvalue weighted by atomic mass is 9.94. The van der Waals surface area contributed by atoms with Crippen LogP contribution < -0.4 is 19.3 Å². The second kappa shape index (κ2) is 11.0. The predicted octanol–water partition coefficient (Wildman–Crippen LogP) is 6.73. The fourth-order valence-electron chi connectivity index (χ4n) is 5.10. The Morgan fingerprint density at radius 1 is 1.00 bits per heavy atom. The maximum atomic E-state index is 14.0. The van der Waals surface area contributed by atoms with Gasteiger partial charge in [-0.25, -0.2) is 0 Å². The summed E-state index contributed by atoms with van der Waals surface area (Å²) in [6.07, 6.45) is 0. The SMILES string of the molecule is CCN(CC)c1ccc(N2C(=O)C(O)=C(C(=O)c3cc4cc(Cl)cc(OC)c4o3)C2c2ccc(OC)cc2)cc1. The van der Waals surface area contributed by atoms with Gasteiger partial charge in [-0.3, -0.25) is 14.5 Å². The lowest BCUT2D eigenvalue weighted by Gasteiger charge is -2.28. The van der Waals surface area contributed by atoms with E-state index in [1.807, 2.05) is 24.3 Å². The molecule has 2 heterocycles. The molecule has 0 bridgehead atoms. The summed E-state index contributed by atoms with van der Waals surface area (Å²) in [6, 6.07) is 18.3. The zero-order valence-electron chi connectivity index (χ0n) is 22.6. The largest absolute Gasteiger partial charge is 0.503 e. The molecule has 1 aromatic heterocycles. The number of carbonyl (C=O) groups is 2. The second-order valence-corrected chi connectivity index (χ2v) is 9.70. The van der Waals surface area contributed by atoms with E-state index in [4.69, 9.17) is 25.5 Å². The molecule has 5 rings (SSSR count). The lowest BCUT2D eigenvalue weighted by molar-refractivity contribution is -0.117. The van der Waals surface area contributed by atoms with Crippen LogP contribution >= 0.6 is 11.6 Å². The highest BCUT2D eigenvalue weighted by molar-refractivity contribution is 6.31. The highest BCUT2D eigenvalue weighted by Crippen LogP contribution is 2.43. The summed E-state index contributed by atoms with van der Waals surface area (Å²) in [7, 11) is 3.03. The molecule has 1 unspecified atom stereocenters. The van der Waals surface area contributed by atoms with Crippen LogP contribution in [0.4, 0.5) is 11.4 Å². The molecule has 206 valence electrons. The summed E-state index contributed by atoms with van der Waals surface area (Å²) in [4.78, 5) is 31.1. The maximum Gasteiger partial charge on any atom is 0.294 e. The summed E-state index contributed by atoms with van der Waals surface area (Å²) >= 11 is 6.20. The zero-order chi connectivity index (χ0) is 28.6. The smallest absolute Gasteiger partial charge is 0.294 e. The summed E-state index contributed by atoms with van der Waals surface area (Å²) < 4.78 is 16.6. The number of hydrogen-bond donors (Lipinski definition) is 1. The number of Topliss-reactive ketones (excluding diaryl/α,β-unsaturated/α-hetero) is 1. The van der Waals surface area contributed by atoms with E-state index < -0.39 is 23.5 Å². The van der Waals surface area contributed by atoms with Crippen LogP contribution in [0.15, 0.2) is 82.5 Å². The zero-order valence-corrected chi connectivity index (χ0v) is 23.4. The molecule has 0 spiro atoms. The number of hydrogen-bond acceptors (Lipinski definition) is 7. The van der Waals surface area contributed by atoms with E-state index in [0.29, 0.717) is 38.7 Å². The number of furan rings is 1. The quantitative estimate of drug-likeness (QED) is 0.227. The Balaban J connectivity index is 1.62. The number of ketones is 1. The molecular weight excluding hydrogens is 532 g/mol. The van der Waals surface area contributed by atoms with Crippen molar-refractivity contribution in [3.8, 4) is 11.5 Å². The number of nitrogens with zero attached hydrogens (tertiary/aromatic N) is 2. The van der Waals surface area contributed by atoms with Crippen LogP contribution in [0.3, 0.4) is 0 Å². The number of ether oxygens (including phenoxy) is 2. The number of rotatable bonds is 9. The molecule has 1 atom stereocenters. The van der Waals surface area contributed by atoms with Crippen molar-refractivity contribution in [2.24, 2.45) is 0 Å². The van der Waals surface area contributed by atoms with E-state index in [1.165, 1.54) is 18.1 Å². The van der Waals surface area contributed by atoms with Gasteiger partial charge >= 0.3 is 0 Å². The number of anilines is 2. The average Bonchev–Trinajstić information content (AvgIpc) is 3.52. The minimum Gasteiger partial charge on any atom is -0.503 e. The van der Waals surface area contributed by atoms with E-state index in [0.717, 1.165) is 18.8 Å². The molecule has 40 heavy (non-hydrogen) atoms. The number of carbonyl (C=O) groups excluding carboxylic acids is 2. The first-order valence-electron chi connectivity index (χ1n) is 12.9. The van der Waals surface area contributed by atoms with Crippen molar-refractivity contribution in [2.45, 2.75) is 19.9 Å². The van der Waals surface area contributed by atoms with E-state index in [2.05, 4.69) is 18.7 Å². The summed E-state index contributed by atoms with van der Waals surface area (Å²) in [6.45, 7) is 5.81. The minimum atomic E-state index is -0.913. The number of aliphatic hydroxyl groups is 1. The van der Waals surface area contributed by atoms with Crippen molar-refractivity contribution in [2.75, 3.05) is 37.1 Å². The Morgan fingerprint density at radius 3 is 2.27 bits per heavy atom. The molecule has 0 fully saturated rings. The fraction of sp³-hybridized carbons (Fsp3) is 0.226. The molecule has 1 aliphatic heterocycles. The summed E-state index contributed by atoms with van der Waals surface area (Å²) in [5.74, 6) is -1.01. The number of fused-ring (bicyclic) bond motifs is 1. The van der Waals surface area contributed by atoms with E-state index in [9.17, 15) is 14.7 Å². The third kappa shape index (κ3) is 4.64. The van der Waals surface area contributed by atoms with Gasteiger partial charge in [0.15, 0.2) is 22.9 Å². The van der Waals surface area contributed by atoms with Crippen LogP contribution in [0.2, 0.25) is 5.02 Å². The van der Waals surface area contributed by atoms with E-state index >= 15 is 0 Å². The molecule has 3 aromatic carbocycles. The average molecular weight is 561 g/mol. The molecule has 0 aliphatic carbocycles. The van der Waals surface area contributed by atoms with Gasteiger partial charge in [-0.15, -0.1) is 0 Å². The topological polar surface area (TPSA) is 92.5 Å². The Bertz CT molecular complexity index is 1600. The normalized spacial score (nSPS) is 15.2. The van der Waals surface area contributed by atoms with Gasteiger partial charge in [0.2, 0.25) is 5.78 Å². The van der Waals surface area contributed by atoms with Gasteiger partial charge in [0, 0.05) is 40.9 Å². The highest BCUT2D eigenvalue weighted by atomic mass is 35.5. The number of halogens is 1. The monoisotopic (exact) mass is 560 g/mol. The van der Waals surface area contributed by atoms with Gasteiger partial charge in [0.05, 0.1) is 25.8 Å². The first kappa shape index (κ1) is 27.1. The van der Waals surface area contributed by atoms with Crippen molar-refractivity contribution >= 4 is 45.6 Å². The van der Waals surface area contributed by atoms with E-state index in [1.54, 1.807) is 43.5 Å². The second-order valence-electron chi connectivity index (χ2n) is 9.27. The predicted molar refractivity (Wildman–Crippen MR) is 155 cm³/mol. The highest BCUT2D eigenvalue weighted by Gasteiger charge is 2.45. The molecule has 1 amide bonds. The van der Waals surface area contributed by atoms with Crippen LogP contribution in [0.1, 0.15) is 36.0 Å². The summed E-state index contributed by atoms with van der Waals surface area (Å²) in [5, 5.41) is 12.1. The molecule has 0 radical (unpaired) electrons. The van der Waals surface area contributed by atoms with Crippen molar-refractivity contribution in [1.82, 2.24) is 0 Å². The number of aliphatic hydroxyl groups excluding tert-OH is 1. The van der Waals surface area contributed by atoms with Crippen molar-refractivity contribution in [1.29, 1.82) is 0 Å². The van der Waals surface area contributed by atoms with E-state index in [-0.39, 0.29) is 11.3 Å². The first-order chi connectivity index (χ1) is 19.3. The van der Waals surface area contributed by atoms with Gasteiger partial charge in [-0.2, -0.15) is 0 Å². The van der Waals surface area contributed by atoms with Gasteiger partial charge in [0.1, 0.15) is 5.75 Å². The lowest BCUT2D eigenvalue weighted by Crippen LogP contribution is -2.31. The molecular formula is C31H29ClN2O6. The molecule has 4 aromatic rings. The van der Waals surface area contributed by atoms with Crippen LogP contribution in [-0.4, -0.2) is 44.1 Å². The van der Waals surface area contributed by atoms with Crippen LogP contribution in [0, 0.1) is 0 Å². The Morgan fingerprint density at radius 2 is 1.68 bits per heavy atom. The van der Waals surface area contributed by atoms with Crippen molar-refractivity contribution in [3.63, 3.8) is 0 Å². The number of benzene rings is 3. The maximum absolute atomic E-state index is 14.0. The Kier molecular flexibility index (Phi) is 7.45. The fourth-order valence-corrected chi connectivity index (χ4v) is 5.32. The molecule has 0 saturated carbocycles. The summed E-state index contributed by atoms with van der Waals surface area (Å²) in [5.41, 5.74) is 2.40. The Hall–Kier alpha value is -4.43. The van der Waals surface area contributed by atoms with Gasteiger partial charge < -0.3 is 23.9 Å². The van der Waals surface area contributed by atoms with Gasteiger partial charge in [-0.1, -0.05) is 23.7 Å². The van der Waals surface area contributed by atoms with Crippen molar-refractivity contribution < 1.29 is 28.6 Å². The van der Waals surface area contributed by atoms with Gasteiger partial charge in [0.25, 0.3) is 5.91 Å². The third-order valence-corrected chi connectivity index (χ3v) is 7.35. The first-order valence-corrected chi connectivity index (χ1v) is 13.3. The van der Waals surface area contributed by atoms with Gasteiger partial charge in [-0.05, 0) is 67.9 Å². The van der Waals surface area contributed by atoms with Crippen molar-refractivity contribution in [3.05, 3.63) is 94.4 Å². The molecule has 9 heteroatoms. The Labute approximate surface area is 237 Å². The molecule has 8 nitrogen and oxygen atoms in total. The molecule has 1 aliphatic rings. The number of methoxy groups -OCH3 is 2.